The first-order valence-electron chi connectivity index (χ1n) is 6.98. The normalized spacial score (nSPS) is 10.1. The van der Waals surface area contributed by atoms with Crippen LogP contribution in [0.3, 0.4) is 0 Å². The van der Waals surface area contributed by atoms with Crippen LogP contribution < -0.4 is 10.2 Å². The molecule has 7 nitrogen and oxygen atoms in total. The molecule has 0 radical (unpaired) electrons. The van der Waals surface area contributed by atoms with E-state index in [9.17, 15) is 4.79 Å². The molecular weight excluding hydrogens is 282 g/mol. The summed E-state index contributed by atoms with van der Waals surface area (Å²) >= 11 is 0. The van der Waals surface area contributed by atoms with Gasteiger partial charge in [0.15, 0.2) is 0 Å². The summed E-state index contributed by atoms with van der Waals surface area (Å²) in [5, 5.41) is 3.16. The Balaban J connectivity index is 1.78. The maximum Gasteiger partial charge on any atom is 0.376 e. The van der Waals surface area contributed by atoms with E-state index in [2.05, 4.69) is 29.9 Å². The third-order valence-electron chi connectivity index (χ3n) is 3.04. The van der Waals surface area contributed by atoms with Crippen molar-refractivity contribution in [3.63, 3.8) is 0 Å². The van der Waals surface area contributed by atoms with Crippen LogP contribution in [0.1, 0.15) is 17.0 Å². The Morgan fingerprint density at radius 1 is 1.27 bits per heavy atom. The van der Waals surface area contributed by atoms with E-state index in [1.807, 2.05) is 25.2 Å². The quantitative estimate of drug-likeness (QED) is 0.614. The molecule has 0 unspecified atom stereocenters. The number of ether oxygens (including phenoxy) is 1. The molecule has 0 aliphatic rings. The zero-order chi connectivity index (χ0) is 15.8. The number of carbonyl (C=O) groups excluding carboxylic acids is 1. The summed E-state index contributed by atoms with van der Waals surface area (Å²) in [5.74, 6) is 1.06. The van der Waals surface area contributed by atoms with E-state index in [-0.39, 0.29) is 5.82 Å². The Morgan fingerprint density at radius 2 is 2.14 bits per heavy atom. The number of esters is 1. The highest BCUT2D eigenvalue weighted by atomic mass is 16.5. The third kappa shape index (κ3) is 4.41. The van der Waals surface area contributed by atoms with Crippen LogP contribution in [-0.4, -0.2) is 48.2 Å². The van der Waals surface area contributed by atoms with Gasteiger partial charge in [0.2, 0.25) is 5.82 Å². The van der Waals surface area contributed by atoms with Crippen molar-refractivity contribution in [2.45, 2.75) is 6.42 Å². The van der Waals surface area contributed by atoms with Crippen molar-refractivity contribution in [2.75, 3.05) is 37.5 Å². The molecule has 2 heterocycles. The minimum Gasteiger partial charge on any atom is -0.463 e. The smallest absolute Gasteiger partial charge is 0.376 e. The van der Waals surface area contributed by atoms with Crippen LogP contribution in [0.15, 0.2) is 36.7 Å². The predicted molar refractivity (Wildman–Crippen MR) is 84.0 cm³/mol. The van der Waals surface area contributed by atoms with Crippen LogP contribution in [0.5, 0.6) is 0 Å². The molecular formula is C15H19N5O2. The number of hydrogen-bond acceptors (Lipinski definition) is 7. The zero-order valence-electron chi connectivity index (χ0n) is 12.7. The maximum absolute atomic E-state index is 11.4. The van der Waals surface area contributed by atoms with Gasteiger partial charge in [-0.3, -0.25) is 0 Å². The average Bonchev–Trinajstić information content (AvgIpc) is 2.59. The predicted octanol–water partition coefficient (Wildman–Crippen LogP) is 1.60. The highest BCUT2D eigenvalue weighted by Gasteiger charge is 2.09. The Kier molecular flexibility index (Phi) is 5.65. The zero-order valence-corrected chi connectivity index (χ0v) is 12.7. The van der Waals surface area contributed by atoms with Gasteiger partial charge in [-0.25, -0.2) is 19.7 Å². The van der Waals surface area contributed by atoms with Crippen molar-refractivity contribution in [3.8, 4) is 0 Å². The number of anilines is 2. The van der Waals surface area contributed by atoms with Gasteiger partial charge in [-0.1, -0.05) is 6.07 Å². The molecule has 0 saturated heterocycles. The van der Waals surface area contributed by atoms with Crippen molar-refractivity contribution in [3.05, 3.63) is 42.5 Å². The fourth-order valence-corrected chi connectivity index (χ4v) is 1.87. The lowest BCUT2D eigenvalue weighted by Crippen LogP contribution is -2.22. The van der Waals surface area contributed by atoms with Gasteiger partial charge in [0.25, 0.3) is 0 Å². The molecule has 0 bridgehead atoms. The minimum atomic E-state index is -0.543. The van der Waals surface area contributed by atoms with Gasteiger partial charge in [-0.15, -0.1) is 0 Å². The first-order chi connectivity index (χ1) is 10.7. The summed E-state index contributed by atoms with van der Waals surface area (Å²) in [6.07, 6.45) is 4.21. The Hall–Kier alpha value is -2.70. The van der Waals surface area contributed by atoms with Gasteiger partial charge in [0.1, 0.15) is 11.6 Å². The van der Waals surface area contributed by atoms with E-state index in [1.165, 1.54) is 13.3 Å². The number of hydrogen-bond donors (Lipinski definition) is 1. The topological polar surface area (TPSA) is 80.2 Å². The molecule has 2 aromatic heterocycles. The first-order valence-corrected chi connectivity index (χ1v) is 6.98. The molecule has 0 fully saturated rings. The summed E-state index contributed by atoms with van der Waals surface area (Å²) < 4.78 is 4.59. The molecule has 1 N–H and O–H groups in total. The molecule has 0 aliphatic heterocycles. The average molecular weight is 301 g/mol. The van der Waals surface area contributed by atoms with Crippen molar-refractivity contribution < 1.29 is 9.53 Å². The molecule has 22 heavy (non-hydrogen) atoms. The summed E-state index contributed by atoms with van der Waals surface area (Å²) in [4.78, 5) is 25.7. The van der Waals surface area contributed by atoms with Crippen LogP contribution in [0.25, 0.3) is 0 Å². The van der Waals surface area contributed by atoms with Gasteiger partial charge in [0, 0.05) is 32.5 Å². The highest BCUT2D eigenvalue weighted by Crippen LogP contribution is 2.07. The van der Waals surface area contributed by atoms with E-state index in [0.29, 0.717) is 5.82 Å². The number of rotatable bonds is 7. The van der Waals surface area contributed by atoms with Gasteiger partial charge in [-0.05, 0) is 24.6 Å². The number of carbonyl (C=O) groups is 1. The second-order valence-corrected chi connectivity index (χ2v) is 4.65. The van der Waals surface area contributed by atoms with Crippen LogP contribution in [0, 0.1) is 0 Å². The summed E-state index contributed by atoms with van der Waals surface area (Å²) in [6, 6.07) is 7.55. The minimum absolute atomic E-state index is 0.0538. The first kappa shape index (κ1) is 15.7. The van der Waals surface area contributed by atoms with Gasteiger partial charge >= 0.3 is 5.97 Å². The molecule has 116 valence electrons. The Bertz CT molecular complexity index is 606. The van der Waals surface area contributed by atoms with Crippen LogP contribution in [0.2, 0.25) is 0 Å². The van der Waals surface area contributed by atoms with E-state index < -0.39 is 5.97 Å². The van der Waals surface area contributed by atoms with E-state index >= 15 is 0 Å². The maximum atomic E-state index is 11.4. The molecule has 2 aromatic rings. The van der Waals surface area contributed by atoms with Crippen LogP contribution in [-0.2, 0) is 4.74 Å². The SMILES string of the molecule is COC(=O)c1nccc(NCCCN(C)c2ccccn2)n1. The summed E-state index contributed by atoms with van der Waals surface area (Å²) in [5.41, 5.74) is 0. The largest absolute Gasteiger partial charge is 0.463 e. The van der Waals surface area contributed by atoms with Crippen molar-refractivity contribution in [1.82, 2.24) is 15.0 Å². The number of nitrogens with one attached hydrogen (secondary N) is 1. The monoisotopic (exact) mass is 301 g/mol. The van der Waals surface area contributed by atoms with Crippen LogP contribution >= 0.6 is 0 Å². The molecule has 0 aliphatic carbocycles. The van der Waals surface area contributed by atoms with E-state index in [0.717, 1.165) is 25.3 Å². The van der Waals surface area contributed by atoms with Crippen LogP contribution in [0.4, 0.5) is 11.6 Å². The Labute approximate surface area is 129 Å². The lowest BCUT2D eigenvalue weighted by atomic mass is 10.3. The molecule has 2 rings (SSSR count). The fraction of sp³-hybridized carbons (Fsp3) is 0.333. The number of aromatic nitrogens is 3. The van der Waals surface area contributed by atoms with E-state index in [1.54, 1.807) is 12.3 Å². The molecule has 0 aromatic carbocycles. The molecule has 7 heteroatoms. The highest BCUT2D eigenvalue weighted by molar-refractivity contribution is 5.85. The standard InChI is InChI=1S/C15H19N5O2/c1-20(13-6-3-4-8-17-13)11-5-9-16-12-7-10-18-14(19-12)15(21)22-2/h3-4,6-8,10H,5,9,11H2,1-2H3,(H,16,18,19). The number of pyridine rings is 1. The Morgan fingerprint density at radius 3 is 2.86 bits per heavy atom. The lowest BCUT2D eigenvalue weighted by Gasteiger charge is -2.17. The molecule has 0 saturated carbocycles. The van der Waals surface area contributed by atoms with Crippen molar-refractivity contribution in [1.29, 1.82) is 0 Å². The molecule has 0 spiro atoms. The lowest BCUT2D eigenvalue weighted by molar-refractivity contribution is 0.0587. The van der Waals surface area contributed by atoms with Gasteiger partial charge in [-0.2, -0.15) is 0 Å². The molecule has 0 atom stereocenters. The molecule has 0 amide bonds. The van der Waals surface area contributed by atoms with Gasteiger partial charge in [0.05, 0.1) is 7.11 Å². The van der Waals surface area contributed by atoms with Crippen molar-refractivity contribution in [2.24, 2.45) is 0 Å². The third-order valence-corrected chi connectivity index (χ3v) is 3.04. The second-order valence-electron chi connectivity index (χ2n) is 4.65. The summed E-state index contributed by atoms with van der Waals surface area (Å²) in [6.45, 7) is 1.59. The fourth-order valence-electron chi connectivity index (χ4n) is 1.87. The second kappa shape index (κ2) is 7.92. The van der Waals surface area contributed by atoms with Crippen molar-refractivity contribution >= 4 is 17.6 Å². The summed E-state index contributed by atoms with van der Waals surface area (Å²) in [7, 11) is 3.31. The number of methoxy groups -OCH3 is 1. The van der Waals surface area contributed by atoms with Gasteiger partial charge < -0.3 is 15.0 Å². The van der Waals surface area contributed by atoms with E-state index in [4.69, 9.17) is 0 Å². The number of nitrogens with zero attached hydrogens (tertiary/aromatic N) is 4.